The highest BCUT2D eigenvalue weighted by molar-refractivity contribution is 7.09. The van der Waals surface area contributed by atoms with Crippen LogP contribution in [0.5, 0.6) is 5.75 Å². The summed E-state index contributed by atoms with van der Waals surface area (Å²) in [5.41, 5.74) is 1.98. The van der Waals surface area contributed by atoms with Gasteiger partial charge in [0.25, 0.3) is 0 Å². The molecule has 1 aliphatic heterocycles. The molecule has 1 fully saturated rings. The second kappa shape index (κ2) is 6.85. The standard InChI is InChI=1S/C16H17NO3S/c1-18-10-16-17-13(11-21-16)7-6-12-4-2-3-5-15(12)20-9-14-8-19-14/h2-7,11,14H,8-10H2,1H3/b7-6+. The molecule has 0 amide bonds. The maximum atomic E-state index is 5.78. The molecule has 1 unspecified atom stereocenters. The molecule has 5 heteroatoms. The quantitative estimate of drug-likeness (QED) is 0.737. The molecular weight excluding hydrogens is 286 g/mol. The van der Waals surface area contributed by atoms with E-state index in [9.17, 15) is 0 Å². The Labute approximate surface area is 128 Å². The highest BCUT2D eigenvalue weighted by atomic mass is 32.1. The lowest BCUT2D eigenvalue weighted by atomic mass is 10.2. The van der Waals surface area contributed by atoms with Crippen LogP contribution in [0.3, 0.4) is 0 Å². The number of methoxy groups -OCH3 is 1. The fraction of sp³-hybridized carbons (Fsp3) is 0.312. The molecule has 0 saturated carbocycles. The molecule has 4 nitrogen and oxygen atoms in total. The largest absolute Gasteiger partial charge is 0.490 e. The van der Waals surface area contributed by atoms with Crippen LogP contribution in [0.25, 0.3) is 12.2 Å². The third kappa shape index (κ3) is 4.14. The second-order valence-electron chi connectivity index (χ2n) is 4.74. The zero-order valence-electron chi connectivity index (χ0n) is 11.8. The summed E-state index contributed by atoms with van der Waals surface area (Å²) in [6.07, 6.45) is 4.28. The molecule has 1 saturated heterocycles. The lowest BCUT2D eigenvalue weighted by molar-refractivity contribution is 0.184. The molecule has 0 N–H and O–H groups in total. The van der Waals surface area contributed by atoms with E-state index in [0.717, 1.165) is 28.6 Å². The van der Waals surface area contributed by atoms with Gasteiger partial charge in [0.2, 0.25) is 0 Å². The molecule has 0 aliphatic carbocycles. The van der Waals surface area contributed by atoms with Crippen LogP contribution in [0.4, 0.5) is 0 Å². The van der Waals surface area contributed by atoms with Gasteiger partial charge in [0.1, 0.15) is 23.5 Å². The molecule has 110 valence electrons. The van der Waals surface area contributed by atoms with Crippen molar-refractivity contribution < 1.29 is 14.2 Å². The summed E-state index contributed by atoms with van der Waals surface area (Å²) in [7, 11) is 1.67. The van der Waals surface area contributed by atoms with Gasteiger partial charge in [-0.2, -0.15) is 0 Å². The predicted octanol–water partition coefficient (Wildman–Crippen LogP) is 3.24. The van der Waals surface area contributed by atoms with Crippen molar-refractivity contribution in [2.75, 3.05) is 20.3 Å². The van der Waals surface area contributed by atoms with E-state index in [0.29, 0.717) is 13.2 Å². The van der Waals surface area contributed by atoms with Crippen molar-refractivity contribution >= 4 is 23.5 Å². The van der Waals surface area contributed by atoms with Gasteiger partial charge in [-0.25, -0.2) is 4.98 Å². The smallest absolute Gasteiger partial charge is 0.126 e. The molecule has 3 rings (SSSR count). The Bertz CT molecular complexity index is 619. The van der Waals surface area contributed by atoms with Crippen LogP contribution in [0.1, 0.15) is 16.3 Å². The number of para-hydroxylation sites is 1. The third-order valence-electron chi connectivity index (χ3n) is 3.02. The van der Waals surface area contributed by atoms with E-state index in [-0.39, 0.29) is 6.10 Å². The van der Waals surface area contributed by atoms with Gasteiger partial charge in [-0.15, -0.1) is 11.3 Å². The fourth-order valence-corrected chi connectivity index (χ4v) is 2.60. The monoisotopic (exact) mass is 303 g/mol. The molecule has 0 spiro atoms. The Kier molecular flexibility index (Phi) is 4.65. The number of rotatable bonds is 7. The molecule has 2 aromatic rings. The Morgan fingerprint density at radius 3 is 3.05 bits per heavy atom. The molecule has 1 aromatic heterocycles. The van der Waals surface area contributed by atoms with Crippen LogP contribution < -0.4 is 4.74 Å². The van der Waals surface area contributed by atoms with E-state index in [1.165, 1.54) is 0 Å². The molecule has 2 heterocycles. The number of ether oxygens (including phenoxy) is 3. The Morgan fingerprint density at radius 2 is 2.24 bits per heavy atom. The van der Waals surface area contributed by atoms with Crippen molar-refractivity contribution in [2.45, 2.75) is 12.7 Å². The maximum absolute atomic E-state index is 5.78. The van der Waals surface area contributed by atoms with Gasteiger partial charge >= 0.3 is 0 Å². The Morgan fingerprint density at radius 1 is 1.38 bits per heavy atom. The van der Waals surface area contributed by atoms with Crippen LogP contribution in [0, 0.1) is 0 Å². The number of hydrogen-bond acceptors (Lipinski definition) is 5. The first-order valence-corrected chi connectivity index (χ1v) is 7.68. The van der Waals surface area contributed by atoms with Gasteiger partial charge in [-0.05, 0) is 18.2 Å². The minimum absolute atomic E-state index is 0.261. The molecule has 1 atom stereocenters. The van der Waals surface area contributed by atoms with E-state index in [1.807, 2.05) is 41.8 Å². The lowest BCUT2D eigenvalue weighted by Gasteiger charge is -2.07. The van der Waals surface area contributed by atoms with Gasteiger partial charge in [0.05, 0.1) is 18.9 Å². The average molecular weight is 303 g/mol. The van der Waals surface area contributed by atoms with E-state index >= 15 is 0 Å². The topological polar surface area (TPSA) is 43.9 Å². The molecule has 1 aliphatic rings. The minimum Gasteiger partial charge on any atom is -0.490 e. The number of benzene rings is 1. The molecule has 1 aromatic carbocycles. The summed E-state index contributed by atoms with van der Waals surface area (Å²) in [5.74, 6) is 0.872. The van der Waals surface area contributed by atoms with Crippen LogP contribution in [0.2, 0.25) is 0 Å². The first-order valence-electron chi connectivity index (χ1n) is 6.80. The lowest BCUT2D eigenvalue weighted by Crippen LogP contribution is -2.04. The SMILES string of the molecule is COCc1nc(/C=C/c2ccccc2OCC2CO2)cs1. The van der Waals surface area contributed by atoms with Crippen LogP contribution >= 0.6 is 11.3 Å². The summed E-state index contributed by atoms with van der Waals surface area (Å²) in [4.78, 5) is 4.47. The fourth-order valence-electron chi connectivity index (χ4n) is 1.86. The van der Waals surface area contributed by atoms with Gasteiger partial charge in [0, 0.05) is 18.1 Å². The normalized spacial score (nSPS) is 17.3. The van der Waals surface area contributed by atoms with Crippen LogP contribution in [-0.4, -0.2) is 31.4 Å². The first kappa shape index (κ1) is 14.3. The summed E-state index contributed by atoms with van der Waals surface area (Å²) in [6, 6.07) is 7.97. The number of epoxide rings is 1. The van der Waals surface area contributed by atoms with Crippen molar-refractivity contribution in [2.24, 2.45) is 0 Å². The number of aromatic nitrogens is 1. The number of nitrogens with zero attached hydrogens (tertiary/aromatic N) is 1. The average Bonchev–Trinajstić information content (AvgIpc) is 3.23. The zero-order chi connectivity index (χ0) is 14.5. The van der Waals surface area contributed by atoms with Crippen LogP contribution in [-0.2, 0) is 16.1 Å². The van der Waals surface area contributed by atoms with Crippen molar-refractivity contribution in [1.82, 2.24) is 4.98 Å². The third-order valence-corrected chi connectivity index (χ3v) is 3.86. The summed E-state index contributed by atoms with van der Waals surface area (Å²) < 4.78 is 16.0. The molecule has 0 radical (unpaired) electrons. The molecule has 21 heavy (non-hydrogen) atoms. The van der Waals surface area contributed by atoms with Crippen molar-refractivity contribution in [1.29, 1.82) is 0 Å². The minimum atomic E-state index is 0.261. The predicted molar refractivity (Wildman–Crippen MR) is 83.4 cm³/mol. The van der Waals surface area contributed by atoms with Gasteiger partial charge in [0.15, 0.2) is 0 Å². The van der Waals surface area contributed by atoms with Gasteiger partial charge in [-0.3, -0.25) is 0 Å². The van der Waals surface area contributed by atoms with Crippen molar-refractivity contribution in [3.63, 3.8) is 0 Å². The van der Waals surface area contributed by atoms with Crippen molar-refractivity contribution in [3.8, 4) is 5.75 Å². The van der Waals surface area contributed by atoms with E-state index in [1.54, 1.807) is 18.4 Å². The highest BCUT2D eigenvalue weighted by Crippen LogP contribution is 2.22. The summed E-state index contributed by atoms with van der Waals surface area (Å²) in [6.45, 7) is 1.97. The number of thiazole rings is 1. The van der Waals surface area contributed by atoms with E-state index < -0.39 is 0 Å². The summed E-state index contributed by atoms with van der Waals surface area (Å²) in [5, 5.41) is 3.00. The second-order valence-corrected chi connectivity index (χ2v) is 5.68. The van der Waals surface area contributed by atoms with E-state index in [2.05, 4.69) is 4.98 Å². The Balaban J connectivity index is 1.68. The van der Waals surface area contributed by atoms with Gasteiger partial charge in [-0.1, -0.05) is 18.2 Å². The molecule has 0 bridgehead atoms. The van der Waals surface area contributed by atoms with E-state index in [4.69, 9.17) is 14.2 Å². The zero-order valence-corrected chi connectivity index (χ0v) is 12.6. The first-order chi connectivity index (χ1) is 10.3. The maximum Gasteiger partial charge on any atom is 0.126 e. The number of hydrogen-bond donors (Lipinski definition) is 0. The van der Waals surface area contributed by atoms with Gasteiger partial charge < -0.3 is 14.2 Å². The molecular formula is C16H17NO3S. The highest BCUT2D eigenvalue weighted by Gasteiger charge is 2.23. The van der Waals surface area contributed by atoms with Crippen molar-refractivity contribution in [3.05, 3.63) is 45.9 Å². The Hall–Kier alpha value is -1.69. The van der Waals surface area contributed by atoms with Crippen LogP contribution in [0.15, 0.2) is 29.6 Å². The summed E-state index contributed by atoms with van der Waals surface area (Å²) >= 11 is 1.60.